The van der Waals surface area contributed by atoms with Gasteiger partial charge in [-0.15, -0.1) is 5.10 Å². The van der Waals surface area contributed by atoms with Crippen LogP contribution in [0.2, 0.25) is 0 Å². The average Bonchev–Trinajstić information content (AvgIpc) is 3.33. The zero-order chi connectivity index (χ0) is 27.8. The van der Waals surface area contributed by atoms with Crippen molar-refractivity contribution in [1.82, 2.24) is 39.8 Å². The monoisotopic (exact) mass is 538 g/mol. The number of ether oxygens (including phenoxy) is 1. The number of hydrogen-bond acceptors (Lipinski definition) is 11. The number of benzene rings is 2. The Bertz CT molecular complexity index is 1750. The molecule has 6 rings (SSSR count). The Morgan fingerprint density at radius 2 is 2.02 bits per heavy atom. The predicted octanol–water partition coefficient (Wildman–Crippen LogP) is 2.70. The van der Waals surface area contributed by atoms with Crippen molar-refractivity contribution in [2.45, 2.75) is 13.2 Å². The largest absolute Gasteiger partial charge is 0.457 e. The molecule has 1 atom stereocenters. The van der Waals surface area contributed by atoms with Crippen molar-refractivity contribution in [3.63, 3.8) is 0 Å². The van der Waals surface area contributed by atoms with E-state index in [4.69, 9.17) is 9.72 Å². The molecular weight excluding hydrogens is 512 g/mol. The highest BCUT2D eigenvalue weighted by molar-refractivity contribution is 5.88. The smallest absolute Gasteiger partial charge is 0.248 e. The Kier molecular flexibility index (Phi) is 6.40. The van der Waals surface area contributed by atoms with Crippen molar-refractivity contribution in [2.24, 2.45) is 7.05 Å². The van der Waals surface area contributed by atoms with E-state index in [2.05, 4.69) is 37.2 Å². The van der Waals surface area contributed by atoms with Crippen LogP contribution in [0.15, 0.2) is 61.6 Å². The summed E-state index contributed by atoms with van der Waals surface area (Å²) in [5, 5.41) is 22.0. The van der Waals surface area contributed by atoms with Crippen molar-refractivity contribution in [1.29, 1.82) is 0 Å². The number of aryl methyl sites for hydroxylation is 2. The minimum atomic E-state index is -0.991. The van der Waals surface area contributed by atoms with E-state index in [0.29, 0.717) is 47.4 Å². The molecule has 2 aromatic carbocycles. The molecule has 5 aromatic rings. The topological polar surface area (TPSA) is 147 Å². The number of β-amino-alcohol motifs (C(OH)–C–C–N with tert-alkyl or cyclic N) is 1. The van der Waals surface area contributed by atoms with E-state index >= 15 is 0 Å². The van der Waals surface area contributed by atoms with Gasteiger partial charge in [-0.3, -0.25) is 4.79 Å². The third kappa shape index (κ3) is 4.73. The molecule has 1 saturated heterocycles. The van der Waals surface area contributed by atoms with Gasteiger partial charge in [0.25, 0.3) is 0 Å². The van der Waals surface area contributed by atoms with Crippen LogP contribution in [0.5, 0.6) is 11.5 Å². The van der Waals surface area contributed by atoms with Gasteiger partial charge in [-0.05, 0) is 48.9 Å². The first-order valence-corrected chi connectivity index (χ1v) is 12.6. The number of carbonyl (C=O) groups excluding carboxylic acids is 1. The maximum Gasteiger partial charge on any atom is 0.248 e. The number of rotatable bonds is 6. The third-order valence-corrected chi connectivity index (χ3v) is 6.71. The highest BCUT2D eigenvalue weighted by Gasteiger charge is 2.29. The van der Waals surface area contributed by atoms with Crippen molar-refractivity contribution in [2.75, 3.05) is 29.9 Å². The number of fused-ring (bicyclic) bond motifs is 2. The number of piperazine rings is 1. The number of aliphatic hydroxyl groups is 1. The molecule has 1 aliphatic heterocycles. The summed E-state index contributed by atoms with van der Waals surface area (Å²) in [5.74, 6) is 1.98. The van der Waals surface area contributed by atoms with E-state index in [1.165, 1.54) is 17.3 Å². The standard InChI is InChI=1S/C27H26N10O3/c1-4-23(38)37-10-9-36(14-24(37)39)27-28-13-20-25(32-27)26(30-15-29-20)31-17-5-8-22(16(2)11-17)40-18-6-7-21-19(12-18)33-34-35(21)3/h4-8,11-13,15,24,39H,1,9-10,14H2,2-3H3,(H,29,30,31)/t24-/m1/s1. The first-order valence-electron chi connectivity index (χ1n) is 12.6. The summed E-state index contributed by atoms with van der Waals surface area (Å²) >= 11 is 0. The number of nitrogens with zero attached hydrogens (tertiary/aromatic N) is 9. The van der Waals surface area contributed by atoms with Gasteiger partial charge in [-0.2, -0.15) is 0 Å². The molecule has 0 radical (unpaired) electrons. The molecule has 40 heavy (non-hydrogen) atoms. The molecule has 0 saturated carbocycles. The lowest BCUT2D eigenvalue weighted by atomic mass is 10.2. The number of aromatic nitrogens is 7. The normalized spacial score (nSPS) is 15.4. The van der Waals surface area contributed by atoms with Crippen molar-refractivity contribution >= 4 is 45.4 Å². The molecule has 0 bridgehead atoms. The molecule has 13 nitrogen and oxygen atoms in total. The summed E-state index contributed by atoms with van der Waals surface area (Å²) in [6, 6.07) is 11.4. The third-order valence-electron chi connectivity index (χ3n) is 6.71. The second-order valence-electron chi connectivity index (χ2n) is 9.36. The summed E-state index contributed by atoms with van der Waals surface area (Å²) in [5.41, 5.74) is 4.49. The number of nitrogens with one attached hydrogen (secondary N) is 1. The van der Waals surface area contributed by atoms with Crippen LogP contribution in [0.25, 0.3) is 22.1 Å². The van der Waals surface area contributed by atoms with Crippen molar-refractivity contribution in [3.05, 3.63) is 67.1 Å². The van der Waals surface area contributed by atoms with Gasteiger partial charge in [-0.25, -0.2) is 24.6 Å². The van der Waals surface area contributed by atoms with Gasteiger partial charge >= 0.3 is 0 Å². The van der Waals surface area contributed by atoms with Gasteiger partial charge in [0.2, 0.25) is 11.9 Å². The molecule has 202 valence electrons. The van der Waals surface area contributed by atoms with E-state index < -0.39 is 6.23 Å². The Morgan fingerprint density at radius 3 is 2.83 bits per heavy atom. The second-order valence-corrected chi connectivity index (χ2v) is 9.36. The molecule has 1 aliphatic rings. The molecule has 2 N–H and O–H groups in total. The fourth-order valence-corrected chi connectivity index (χ4v) is 4.60. The van der Waals surface area contributed by atoms with Crippen molar-refractivity contribution in [3.8, 4) is 11.5 Å². The van der Waals surface area contributed by atoms with Crippen LogP contribution in [0.3, 0.4) is 0 Å². The molecule has 0 unspecified atom stereocenters. The van der Waals surface area contributed by atoms with Gasteiger partial charge in [0.1, 0.15) is 40.6 Å². The number of carbonyl (C=O) groups is 1. The minimum absolute atomic E-state index is 0.173. The van der Waals surface area contributed by atoms with E-state index in [-0.39, 0.29) is 12.5 Å². The summed E-state index contributed by atoms with van der Waals surface area (Å²) < 4.78 is 7.83. The minimum Gasteiger partial charge on any atom is -0.457 e. The molecule has 0 spiro atoms. The van der Waals surface area contributed by atoms with Crippen LogP contribution in [-0.4, -0.2) is 76.7 Å². The number of hydrogen-bond donors (Lipinski definition) is 2. The van der Waals surface area contributed by atoms with Crippen LogP contribution < -0.4 is 15.0 Å². The fourth-order valence-electron chi connectivity index (χ4n) is 4.60. The lowest BCUT2D eigenvalue weighted by Gasteiger charge is -2.38. The Balaban J connectivity index is 1.21. The van der Waals surface area contributed by atoms with E-state index in [9.17, 15) is 9.90 Å². The first kappa shape index (κ1) is 25.1. The van der Waals surface area contributed by atoms with Crippen LogP contribution in [0.4, 0.5) is 17.5 Å². The first-order chi connectivity index (χ1) is 19.4. The molecule has 0 aliphatic carbocycles. The Hall–Kier alpha value is -5.17. The van der Waals surface area contributed by atoms with E-state index in [1.54, 1.807) is 10.9 Å². The van der Waals surface area contributed by atoms with Crippen LogP contribution in [0.1, 0.15) is 5.56 Å². The molecule has 13 heteroatoms. The highest BCUT2D eigenvalue weighted by atomic mass is 16.5. The summed E-state index contributed by atoms with van der Waals surface area (Å²) in [4.78, 5) is 33.0. The van der Waals surface area contributed by atoms with Gasteiger partial charge in [0, 0.05) is 31.9 Å². The summed E-state index contributed by atoms with van der Waals surface area (Å²) in [6.45, 7) is 6.41. The maximum absolute atomic E-state index is 12.0. The van der Waals surface area contributed by atoms with Gasteiger partial charge < -0.3 is 25.0 Å². The molecule has 1 fully saturated rings. The zero-order valence-corrected chi connectivity index (χ0v) is 21.9. The quantitative estimate of drug-likeness (QED) is 0.308. The second kappa shape index (κ2) is 10.2. The van der Waals surface area contributed by atoms with Gasteiger partial charge in [0.05, 0.1) is 18.3 Å². The molecular formula is C27H26N10O3. The van der Waals surface area contributed by atoms with Crippen LogP contribution in [0, 0.1) is 6.92 Å². The maximum atomic E-state index is 12.0. The SMILES string of the molecule is C=CC(=O)N1CCN(c2ncc3ncnc(Nc4ccc(Oc5ccc6c(c5)nnn6C)c(C)c4)c3n2)C[C@H]1O. The highest BCUT2D eigenvalue weighted by Crippen LogP contribution is 2.31. The lowest BCUT2D eigenvalue weighted by molar-refractivity contribution is -0.136. The molecule has 1 amide bonds. The predicted molar refractivity (Wildman–Crippen MR) is 148 cm³/mol. The summed E-state index contributed by atoms with van der Waals surface area (Å²) in [6.07, 6.45) is 3.27. The van der Waals surface area contributed by atoms with Crippen LogP contribution >= 0.6 is 0 Å². The van der Waals surface area contributed by atoms with E-state index in [1.807, 2.05) is 55.3 Å². The van der Waals surface area contributed by atoms with Gasteiger partial charge in [-0.1, -0.05) is 11.8 Å². The number of amides is 1. The Morgan fingerprint density at radius 1 is 1.15 bits per heavy atom. The summed E-state index contributed by atoms with van der Waals surface area (Å²) in [7, 11) is 1.85. The number of aliphatic hydroxyl groups excluding tert-OH is 1. The average molecular weight is 539 g/mol. The Labute approximate surface area is 228 Å². The van der Waals surface area contributed by atoms with Gasteiger partial charge in [0.15, 0.2) is 5.82 Å². The fraction of sp³-hybridized carbons (Fsp3) is 0.222. The zero-order valence-electron chi connectivity index (χ0n) is 21.9. The lowest BCUT2D eigenvalue weighted by Crippen LogP contribution is -2.55. The van der Waals surface area contributed by atoms with Crippen molar-refractivity contribution < 1.29 is 14.6 Å². The molecule has 4 heterocycles. The molecule has 3 aromatic heterocycles. The van der Waals surface area contributed by atoms with Crippen LogP contribution in [-0.2, 0) is 11.8 Å². The van der Waals surface area contributed by atoms with E-state index in [0.717, 1.165) is 22.3 Å². The number of anilines is 3.